The van der Waals surface area contributed by atoms with Crippen LogP contribution in [0.3, 0.4) is 0 Å². The zero-order valence-electron chi connectivity index (χ0n) is 24.3. The first-order chi connectivity index (χ1) is 20.3. The third-order valence-electron chi connectivity index (χ3n) is 7.65. The number of benzene rings is 3. The Bertz CT molecular complexity index is 1530. The van der Waals surface area contributed by atoms with Gasteiger partial charge in [0, 0.05) is 30.9 Å². The second-order valence-corrected chi connectivity index (χ2v) is 11.9. The molecule has 3 aromatic rings. The molecule has 3 aromatic carbocycles. The zero-order chi connectivity index (χ0) is 30.9. The van der Waals surface area contributed by atoms with Crippen LogP contribution in [0, 0.1) is 0 Å². The number of likely N-dealkylation sites (tertiary alicyclic amines) is 1. The number of halogens is 3. The molecule has 7 nitrogen and oxygen atoms in total. The van der Waals surface area contributed by atoms with E-state index < -0.39 is 29.5 Å². The van der Waals surface area contributed by atoms with Gasteiger partial charge in [0.15, 0.2) is 0 Å². The fraction of sp³-hybridized carbons (Fsp3) is 0.364. The van der Waals surface area contributed by atoms with Crippen molar-refractivity contribution in [2.75, 3.05) is 18.4 Å². The molecule has 1 atom stereocenters. The Kier molecular flexibility index (Phi) is 8.23. The first kappa shape index (κ1) is 30.1. The molecule has 1 unspecified atom stereocenters. The van der Waals surface area contributed by atoms with Crippen LogP contribution in [0.1, 0.15) is 60.7 Å². The first-order valence-electron chi connectivity index (χ1n) is 14.3. The first-order valence-corrected chi connectivity index (χ1v) is 14.3. The van der Waals surface area contributed by atoms with Gasteiger partial charge in [-0.15, -0.1) is 0 Å². The molecule has 0 saturated carbocycles. The van der Waals surface area contributed by atoms with E-state index >= 15 is 0 Å². The third kappa shape index (κ3) is 6.84. The van der Waals surface area contributed by atoms with E-state index in [9.17, 15) is 27.6 Å². The highest BCUT2D eigenvalue weighted by Gasteiger charge is 2.39. The molecule has 2 heterocycles. The number of amides is 3. The van der Waals surface area contributed by atoms with Crippen LogP contribution >= 0.6 is 0 Å². The maximum Gasteiger partial charge on any atom is 0.416 e. The van der Waals surface area contributed by atoms with Crippen molar-refractivity contribution in [2.24, 2.45) is 0 Å². The van der Waals surface area contributed by atoms with Crippen LogP contribution in [0.5, 0.6) is 0 Å². The lowest BCUT2D eigenvalue weighted by Crippen LogP contribution is -2.50. The molecule has 0 aliphatic carbocycles. The average Bonchev–Trinajstić information content (AvgIpc) is 3.46. The summed E-state index contributed by atoms with van der Waals surface area (Å²) in [6.07, 6.45) is -2.98. The topological polar surface area (TPSA) is 79.0 Å². The van der Waals surface area contributed by atoms with Crippen LogP contribution in [0.2, 0.25) is 0 Å². The van der Waals surface area contributed by atoms with Crippen LogP contribution in [0.25, 0.3) is 11.1 Å². The smallest absolute Gasteiger partial charge is 0.416 e. The molecular weight excluding hydrogens is 559 g/mol. The van der Waals surface area contributed by atoms with E-state index in [0.29, 0.717) is 54.9 Å². The predicted octanol–water partition coefficient (Wildman–Crippen LogP) is 6.91. The summed E-state index contributed by atoms with van der Waals surface area (Å²) in [7, 11) is 0. The summed E-state index contributed by atoms with van der Waals surface area (Å²) >= 11 is 0. The van der Waals surface area contributed by atoms with Gasteiger partial charge in [0.2, 0.25) is 5.91 Å². The zero-order valence-corrected chi connectivity index (χ0v) is 24.3. The number of nitrogens with zero attached hydrogens (tertiary/aromatic N) is 2. The lowest BCUT2D eigenvalue weighted by atomic mass is 9.97. The van der Waals surface area contributed by atoms with E-state index in [1.54, 1.807) is 56.0 Å². The molecule has 2 aliphatic heterocycles. The molecule has 1 saturated heterocycles. The van der Waals surface area contributed by atoms with Crippen molar-refractivity contribution in [1.82, 2.24) is 9.80 Å². The van der Waals surface area contributed by atoms with E-state index in [1.165, 1.54) is 17.0 Å². The number of fused-ring (bicyclic) bond motifs is 1. The molecule has 0 bridgehead atoms. The minimum atomic E-state index is -4.44. The van der Waals surface area contributed by atoms with Crippen molar-refractivity contribution in [3.8, 4) is 11.1 Å². The average molecular weight is 594 g/mol. The second-order valence-electron chi connectivity index (χ2n) is 11.9. The van der Waals surface area contributed by atoms with Gasteiger partial charge in [0.1, 0.15) is 11.6 Å². The van der Waals surface area contributed by atoms with Gasteiger partial charge in [-0.1, -0.05) is 36.4 Å². The van der Waals surface area contributed by atoms with Gasteiger partial charge in [-0.2, -0.15) is 13.2 Å². The largest absolute Gasteiger partial charge is 0.444 e. The summed E-state index contributed by atoms with van der Waals surface area (Å²) in [5.41, 5.74) is 2.51. The number of hydrogen-bond donors (Lipinski definition) is 1. The molecule has 2 aliphatic rings. The van der Waals surface area contributed by atoms with Crippen LogP contribution in [-0.2, 0) is 28.7 Å². The van der Waals surface area contributed by atoms with Crippen molar-refractivity contribution in [3.63, 3.8) is 0 Å². The van der Waals surface area contributed by atoms with Gasteiger partial charge in [-0.3, -0.25) is 14.5 Å². The van der Waals surface area contributed by atoms with Crippen molar-refractivity contribution >= 4 is 23.6 Å². The molecule has 0 spiro atoms. The Hall–Kier alpha value is -4.34. The quantitative estimate of drug-likeness (QED) is 0.357. The normalized spacial score (nSPS) is 16.9. The number of nitrogens with one attached hydrogen (secondary N) is 1. The predicted molar refractivity (Wildman–Crippen MR) is 156 cm³/mol. The van der Waals surface area contributed by atoms with Crippen LogP contribution in [-0.4, -0.2) is 52.4 Å². The SMILES string of the molecule is CC(C)(C)OC(=O)N1CCCC1C(=O)N1CCc2cc(NC(=O)c3ccccc3-c3ccc(C(F)(F)F)cc3)ccc2C1. The summed E-state index contributed by atoms with van der Waals surface area (Å²) in [5, 5.41) is 2.91. The summed E-state index contributed by atoms with van der Waals surface area (Å²) in [6, 6.07) is 16.5. The molecule has 1 fully saturated rings. The van der Waals surface area contributed by atoms with Gasteiger partial charge in [0.05, 0.1) is 5.56 Å². The van der Waals surface area contributed by atoms with Crippen molar-refractivity contribution < 1.29 is 32.3 Å². The van der Waals surface area contributed by atoms with Crippen molar-refractivity contribution in [2.45, 2.75) is 64.4 Å². The minimum Gasteiger partial charge on any atom is -0.444 e. The molecule has 1 N–H and O–H groups in total. The summed E-state index contributed by atoms with van der Waals surface area (Å²) in [4.78, 5) is 42.7. The maximum atomic E-state index is 13.4. The van der Waals surface area contributed by atoms with E-state index in [-0.39, 0.29) is 11.8 Å². The maximum absolute atomic E-state index is 13.4. The van der Waals surface area contributed by atoms with Gasteiger partial charge in [-0.25, -0.2) is 4.79 Å². The second kappa shape index (κ2) is 11.7. The molecular formula is C33H34F3N3O4. The third-order valence-corrected chi connectivity index (χ3v) is 7.65. The van der Waals surface area contributed by atoms with Gasteiger partial charge < -0.3 is 15.0 Å². The van der Waals surface area contributed by atoms with Gasteiger partial charge in [0.25, 0.3) is 5.91 Å². The van der Waals surface area contributed by atoms with Gasteiger partial charge in [-0.05, 0) is 92.6 Å². The van der Waals surface area contributed by atoms with Gasteiger partial charge >= 0.3 is 12.3 Å². The summed E-state index contributed by atoms with van der Waals surface area (Å²) in [6.45, 7) is 6.77. The number of carbonyl (C=O) groups is 3. The minimum absolute atomic E-state index is 0.0914. The number of alkyl halides is 3. The Morgan fingerprint density at radius 3 is 2.33 bits per heavy atom. The number of rotatable bonds is 4. The summed E-state index contributed by atoms with van der Waals surface area (Å²) < 4.78 is 44.6. The molecule has 226 valence electrons. The van der Waals surface area contributed by atoms with E-state index in [0.717, 1.165) is 29.7 Å². The highest BCUT2D eigenvalue weighted by molar-refractivity contribution is 6.08. The number of carbonyl (C=O) groups excluding carboxylic acids is 3. The fourth-order valence-corrected chi connectivity index (χ4v) is 5.56. The lowest BCUT2D eigenvalue weighted by molar-refractivity contribution is -0.138. The van der Waals surface area contributed by atoms with E-state index in [1.807, 2.05) is 12.1 Å². The van der Waals surface area contributed by atoms with Crippen molar-refractivity contribution in [3.05, 3.63) is 89.0 Å². The van der Waals surface area contributed by atoms with E-state index in [4.69, 9.17) is 4.74 Å². The highest BCUT2D eigenvalue weighted by Crippen LogP contribution is 2.32. The Labute approximate surface area is 248 Å². The fourth-order valence-electron chi connectivity index (χ4n) is 5.56. The van der Waals surface area contributed by atoms with Crippen LogP contribution in [0.15, 0.2) is 66.7 Å². The molecule has 0 aromatic heterocycles. The molecule has 10 heteroatoms. The highest BCUT2D eigenvalue weighted by atomic mass is 19.4. The van der Waals surface area contributed by atoms with Crippen molar-refractivity contribution in [1.29, 1.82) is 0 Å². The number of ether oxygens (including phenoxy) is 1. The standard InChI is InChI=1S/C33H34F3N3O4/c1-32(2,3)43-31(42)39-17-6-9-28(39)30(41)38-18-16-22-19-25(15-12-23(22)20-38)37-29(40)27-8-5-4-7-26(27)21-10-13-24(14-11-21)33(34,35)36/h4-5,7-8,10-15,19,28H,6,9,16-18,20H2,1-3H3,(H,37,40). The van der Waals surface area contributed by atoms with Crippen LogP contribution in [0.4, 0.5) is 23.7 Å². The van der Waals surface area contributed by atoms with Crippen LogP contribution < -0.4 is 5.32 Å². The van der Waals surface area contributed by atoms with E-state index in [2.05, 4.69) is 5.32 Å². The number of hydrogen-bond acceptors (Lipinski definition) is 4. The molecule has 0 radical (unpaired) electrons. The Morgan fingerprint density at radius 2 is 1.63 bits per heavy atom. The Balaban J connectivity index is 1.26. The Morgan fingerprint density at radius 1 is 0.907 bits per heavy atom. The molecule has 3 amide bonds. The number of anilines is 1. The molecule has 43 heavy (non-hydrogen) atoms. The lowest BCUT2D eigenvalue weighted by Gasteiger charge is -2.34. The molecule has 5 rings (SSSR count). The summed E-state index contributed by atoms with van der Waals surface area (Å²) in [5.74, 6) is -0.474. The monoisotopic (exact) mass is 593 g/mol.